The van der Waals surface area contributed by atoms with Crippen LogP contribution in [0.4, 0.5) is 0 Å². The van der Waals surface area contributed by atoms with E-state index >= 15 is 0 Å². The van der Waals surface area contributed by atoms with Crippen molar-refractivity contribution in [3.8, 4) is 0 Å². The fourth-order valence-electron chi connectivity index (χ4n) is 0.843. The molecule has 0 aromatic rings. The third kappa shape index (κ3) is 9.30. The van der Waals surface area contributed by atoms with Gasteiger partial charge in [0.25, 0.3) is 0 Å². The first-order valence-electron chi connectivity index (χ1n) is 4.69. The molecular weight excluding hydrogens is 170 g/mol. The molecule has 0 radical (unpaired) electrons. The van der Waals surface area contributed by atoms with Crippen LogP contribution in [0.25, 0.3) is 0 Å². The first-order valence-corrected chi connectivity index (χ1v) is 4.69. The number of aliphatic hydroxyl groups excluding tert-OH is 1. The summed E-state index contributed by atoms with van der Waals surface area (Å²) in [7, 11) is 0. The van der Waals surface area contributed by atoms with E-state index in [1.807, 2.05) is 0 Å². The molecule has 78 valence electrons. The largest absolute Gasteiger partial charge is 0.463 e. The van der Waals surface area contributed by atoms with Crippen LogP contribution in [0, 0.1) is 0 Å². The summed E-state index contributed by atoms with van der Waals surface area (Å²) in [5.74, 6) is -0.354. The monoisotopic (exact) mass is 189 g/mol. The van der Waals surface area contributed by atoms with Crippen LogP contribution in [0.1, 0.15) is 26.7 Å². The number of aliphatic hydroxyl groups is 1. The molecule has 0 aromatic carbocycles. The average molecular weight is 189 g/mol. The van der Waals surface area contributed by atoms with E-state index in [2.05, 4.69) is 17.0 Å². The van der Waals surface area contributed by atoms with Crippen LogP contribution in [-0.4, -0.2) is 36.9 Å². The highest BCUT2D eigenvalue weighted by Crippen LogP contribution is 1.86. The van der Waals surface area contributed by atoms with Crippen molar-refractivity contribution < 1.29 is 14.6 Å². The molecule has 0 rings (SSSR count). The van der Waals surface area contributed by atoms with E-state index in [0.717, 1.165) is 19.4 Å². The van der Waals surface area contributed by atoms with E-state index in [9.17, 15) is 9.90 Å². The fraction of sp³-hybridized carbons (Fsp3) is 0.889. The summed E-state index contributed by atoms with van der Waals surface area (Å²) in [5, 5.41) is 12.3. The summed E-state index contributed by atoms with van der Waals surface area (Å²) in [5.41, 5.74) is 0. The van der Waals surface area contributed by atoms with Gasteiger partial charge in [-0.25, -0.2) is 0 Å². The van der Waals surface area contributed by atoms with Gasteiger partial charge < -0.3 is 15.2 Å². The smallest absolute Gasteiger partial charge is 0.302 e. The molecule has 0 fully saturated rings. The fourth-order valence-corrected chi connectivity index (χ4v) is 0.843. The van der Waals surface area contributed by atoms with Crippen molar-refractivity contribution in [3.05, 3.63) is 0 Å². The first-order chi connectivity index (χ1) is 6.16. The molecule has 2 N–H and O–H groups in total. The molecular formula is C9H19NO3. The van der Waals surface area contributed by atoms with Gasteiger partial charge in [0.1, 0.15) is 12.7 Å². The van der Waals surface area contributed by atoms with E-state index in [0.29, 0.717) is 6.54 Å². The van der Waals surface area contributed by atoms with Crippen molar-refractivity contribution in [1.82, 2.24) is 5.32 Å². The molecule has 0 aromatic heterocycles. The predicted octanol–water partition coefficient (Wildman–Crippen LogP) is 0.300. The third-order valence-electron chi connectivity index (χ3n) is 1.57. The normalized spacial score (nSPS) is 12.5. The maximum Gasteiger partial charge on any atom is 0.302 e. The minimum Gasteiger partial charge on any atom is -0.463 e. The van der Waals surface area contributed by atoms with Crippen LogP contribution in [0.2, 0.25) is 0 Å². The molecule has 0 aliphatic carbocycles. The third-order valence-corrected chi connectivity index (χ3v) is 1.57. The molecule has 0 heterocycles. The van der Waals surface area contributed by atoms with Crippen molar-refractivity contribution in [3.63, 3.8) is 0 Å². The zero-order valence-corrected chi connectivity index (χ0v) is 8.38. The van der Waals surface area contributed by atoms with Crippen LogP contribution >= 0.6 is 0 Å². The molecule has 0 spiro atoms. The second-order valence-corrected chi connectivity index (χ2v) is 3.01. The van der Waals surface area contributed by atoms with Gasteiger partial charge in [-0.05, 0) is 13.0 Å². The summed E-state index contributed by atoms with van der Waals surface area (Å²) in [6.45, 7) is 4.89. The van der Waals surface area contributed by atoms with Gasteiger partial charge in [-0.15, -0.1) is 0 Å². The lowest BCUT2D eigenvalue weighted by Crippen LogP contribution is -2.31. The molecule has 0 aliphatic heterocycles. The Bertz CT molecular complexity index is 139. The van der Waals surface area contributed by atoms with Crippen LogP contribution in [0.3, 0.4) is 0 Å². The number of ether oxygens (including phenoxy) is 1. The molecule has 0 bridgehead atoms. The number of hydrogen-bond acceptors (Lipinski definition) is 4. The first kappa shape index (κ1) is 12.4. The predicted molar refractivity (Wildman–Crippen MR) is 50.4 cm³/mol. The Balaban J connectivity index is 3.19. The second-order valence-electron chi connectivity index (χ2n) is 3.01. The lowest BCUT2D eigenvalue weighted by molar-refractivity contribution is -0.143. The average Bonchev–Trinajstić information content (AvgIpc) is 2.09. The van der Waals surface area contributed by atoms with Gasteiger partial charge in [0.05, 0.1) is 0 Å². The molecule has 0 saturated heterocycles. The van der Waals surface area contributed by atoms with Crippen molar-refractivity contribution in [1.29, 1.82) is 0 Å². The van der Waals surface area contributed by atoms with Crippen molar-refractivity contribution in [2.45, 2.75) is 32.8 Å². The van der Waals surface area contributed by atoms with Crippen LogP contribution < -0.4 is 5.32 Å². The topological polar surface area (TPSA) is 58.6 Å². The van der Waals surface area contributed by atoms with Gasteiger partial charge in [0, 0.05) is 13.5 Å². The maximum absolute atomic E-state index is 10.4. The molecule has 0 saturated carbocycles. The van der Waals surface area contributed by atoms with Crippen molar-refractivity contribution >= 4 is 5.97 Å². The van der Waals surface area contributed by atoms with Crippen molar-refractivity contribution in [2.24, 2.45) is 0 Å². The Hall–Kier alpha value is -0.610. The zero-order chi connectivity index (χ0) is 10.1. The number of carbonyl (C=O) groups excluding carboxylic acids is 1. The Morgan fingerprint density at radius 1 is 1.62 bits per heavy atom. The Morgan fingerprint density at radius 3 is 2.85 bits per heavy atom. The minimum atomic E-state index is -0.597. The lowest BCUT2D eigenvalue weighted by atomic mass is 10.3. The number of nitrogens with one attached hydrogen (secondary N) is 1. The van der Waals surface area contributed by atoms with Gasteiger partial charge >= 0.3 is 5.97 Å². The van der Waals surface area contributed by atoms with Gasteiger partial charge in [0.15, 0.2) is 0 Å². The molecule has 0 amide bonds. The van der Waals surface area contributed by atoms with E-state index < -0.39 is 6.10 Å². The highest BCUT2D eigenvalue weighted by molar-refractivity contribution is 5.65. The van der Waals surface area contributed by atoms with Crippen LogP contribution in [0.5, 0.6) is 0 Å². The summed E-state index contributed by atoms with van der Waals surface area (Å²) in [6.07, 6.45) is 1.63. The molecule has 1 unspecified atom stereocenters. The van der Waals surface area contributed by atoms with Gasteiger partial charge in [-0.1, -0.05) is 13.3 Å². The molecule has 1 atom stereocenters. The van der Waals surface area contributed by atoms with E-state index in [1.165, 1.54) is 6.92 Å². The summed E-state index contributed by atoms with van der Waals surface area (Å²) in [6, 6.07) is 0. The van der Waals surface area contributed by atoms with Gasteiger partial charge in [-0.2, -0.15) is 0 Å². The quantitative estimate of drug-likeness (QED) is 0.447. The van der Waals surface area contributed by atoms with Crippen molar-refractivity contribution in [2.75, 3.05) is 19.7 Å². The lowest BCUT2D eigenvalue weighted by Gasteiger charge is -2.10. The Morgan fingerprint density at radius 2 is 2.31 bits per heavy atom. The summed E-state index contributed by atoms with van der Waals surface area (Å²) >= 11 is 0. The summed E-state index contributed by atoms with van der Waals surface area (Å²) in [4.78, 5) is 10.4. The standard InChI is InChI=1S/C9H19NO3/c1-3-4-5-10-6-9(12)7-13-8(2)11/h9-10,12H,3-7H2,1-2H3. The SMILES string of the molecule is CCCCNCC(O)COC(C)=O. The van der Waals surface area contributed by atoms with E-state index in [4.69, 9.17) is 0 Å². The summed E-state index contributed by atoms with van der Waals surface area (Å²) < 4.78 is 4.63. The number of rotatable bonds is 7. The highest BCUT2D eigenvalue weighted by atomic mass is 16.5. The number of hydrogen-bond donors (Lipinski definition) is 2. The highest BCUT2D eigenvalue weighted by Gasteiger charge is 2.04. The van der Waals surface area contributed by atoms with Gasteiger partial charge in [0.2, 0.25) is 0 Å². The molecule has 0 aliphatic rings. The number of unbranched alkanes of at least 4 members (excludes halogenated alkanes) is 1. The zero-order valence-electron chi connectivity index (χ0n) is 8.38. The minimum absolute atomic E-state index is 0.0778. The van der Waals surface area contributed by atoms with Crippen LogP contribution in [0.15, 0.2) is 0 Å². The maximum atomic E-state index is 10.4. The van der Waals surface area contributed by atoms with Gasteiger partial charge in [-0.3, -0.25) is 4.79 Å². The molecule has 4 nitrogen and oxygen atoms in total. The van der Waals surface area contributed by atoms with E-state index in [1.54, 1.807) is 0 Å². The molecule has 4 heteroatoms. The number of esters is 1. The molecule has 13 heavy (non-hydrogen) atoms. The Labute approximate surface area is 79.3 Å². The van der Waals surface area contributed by atoms with Crippen LogP contribution in [-0.2, 0) is 9.53 Å². The number of carbonyl (C=O) groups is 1. The second kappa shape index (κ2) is 8.01. The van der Waals surface area contributed by atoms with E-state index in [-0.39, 0.29) is 12.6 Å². The Kier molecular flexibility index (Phi) is 7.63.